The minimum Gasteiger partial charge on any atom is -0.357 e. The molecule has 1 atom stereocenters. The van der Waals surface area contributed by atoms with Crippen molar-refractivity contribution in [3.8, 4) is 0 Å². The fourth-order valence-corrected chi connectivity index (χ4v) is 3.26. The maximum Gasteiger partial charge on any atom is 0.222 e. The molecule has 0 radical (unpaired) electrons. The Labute approximate surface area is 186 Å². The summed E-state index contributed by atoms with van der Waals surface area (Å²) in [6.07, 6.45) is 3.42. The molecular weight excluding hydrogens is 467 g/mol. The number of nitrogens with one attached hydrogen (secondary N) is 2. The number of nitrogens with zero attached hydrogens (tertiary/aromatic N) is 4. The largest absolute Gasteiger partial charge is 0.357 e. The monoisotopic (exact) mass is 502 g/mol. The fraction of sp³-hybridized carbons (Fsp3) is 0.650. The lowest BCUT2D eigenvalue weighted by Gasteiger charge is -2.20. The van der Waals surface area contributed by atoms with Gasteiger partial charge in [-0.2, -0.15) is 0 Å². The highest BCUT2D eigenvalue weighted by molar-refractivity contribution is 14.0. The van der Waals surface area contributed by atoms with Crippen molar-refractivity contribution in [2.24, 2.45) is 4.99 Å². The van der Waals surface area contributed by atoms with Gasteiger partial charge in [0.2, 0.25) is 5.91 Å². The predicted molar refractivity (Wildman–Crippen MR) is 126 cm³/mol. The topological polar surface area (TPSA) is 72.9 Å². The second kappa shape index (κ2) is 12.8. The Hall–Kier alpha value is -1.58. The molecular formula is C20H35IN6O. The van der Waals surface area contributed by atoms with Gasteiger partial charge in [-0.3, -0.25) is 4.79 Å². The van der Waals surface area contributed by atoms with E-state index in [-0.39, 0.29) is 35.9 Å². The van der Waals surface area contributed by atoms with Gasteiger partial charge in [-0.05, 0) is 38.8 Å². The van der Waals surface area contributed by atoms with Gasteiger partial charge in [0, 0.05) is 51.4 Å². The number of amides is 1. The first kappa shape index (κ1) is 24.5. The minimum absolute atomic E-state index is 0. The Bertz CT molecular complexity index is 618. The molecule has 28 heavy (non-hydrogen) atoms. The number of halogens is 1. The molecule has 1 aliphatic rings. The molecule has 1 aliphatic heterocycles. The van der Waals surface area contributed by atoms with Crippen LogP contribution in [0, 0.1) is 0 Å². The van der Waals surface area contributed by atoms with Crippen molar-refractivity contribution < 1.29 is 4.79 Å². The number of aliphatic imine (C=N–C) groups is 1. The molecule has 2 rings (SSSR count). The van der Waals surface area contributed by atoms with Crippen LogP contribution in [0.4, 0.5) is 5.82 Å². The molecule has 0 saturated carbocycles. The van der Waals surface area contributed by atoms with Crippen molar-refractivity contribution in [3.05, 3.63) is 23.9 Å². The van der Waals surface area contributed by atoms with E-state index in [2.05, 4.69) is 58.4 Å². The lowest BCUT2D eigenvalue weighted by Crippen LogP contribution is -2.45. The summed E-state index contributed by atoms with van der Waals surface area (Å²) < 4.78 is 0. The summed E-state index contributed by atoms with van der Waals surface area (Å²) in [5.41, 5.74) is 1.08. The number of hydrogen-bond donors (Lipinski definition) is 2. The van der Waals surface area contributed by atoms with Crippen molar-refractivity contribution in [3.63, 3.8) is 0 Å². The predicted octanol–water partition coefficient (Wildman–Crippen LogP) is 2.61. The molecule has 0 bridgehead atoms. The maximum atomic E-state index is 11.8. The van der Waals surface area contributed by atoms with Crippen LogP contribution < -0.4 is 15.5 Å². The number of rotatable bonds is 8. The van der Waals surface area contributed by atoms with Crippen molar-refractivity contribution >= 4 is 41.7 Å². The van der Waals surface area contributed by atoms with E-state index in [1.165, 1.54) is 0 Å². The van der Waals surface area contributed by atoms with Crippen molar-refractivity contribution in [2.75, 3.05) is 37.6 Å². The number of likely N-dealkylation sites (tertiary alicyclic amines) is 1. The van der Waals surface area contributed by atoms with E-state index in [9.17, 15) is 4.79 Å². The van der Waals surface area contributed by atoms with Crippen LogP contribution in [0.15, 0.2) is 23.3 Å². The highest BCUT2D eigenvalue weighted by atomic mass is 127. The molecule has 1 fully saturated rings. The molecule has 0 spiro atoms. The molecule has 2 N–H and O–H groups in total. The summed E-state index contributed by atoms with van der Waals surface area (Å²) in [5, 5.41) is 6.75. The fourth-order valence-electron chi connectivity index (χ4n) is 3.26. The summed E-state index contributed by atoms with van der Waals surface area (Å²) in [7, 11) is 0. The molecule has 1 unspecified atom stereocenters. The molecule has 1 aromatic rings. The quantitative estimate of drug-likeness (QED) is 0.325. The number of carbonyl (C=O) groups excluding carboxylic acids is 1. The zero-order chi connectivity index (χ0) is 19.6. The number of anilines is 1. The van der Waals surface area contributed by atoms with E-state index in [0.717, 1.165) is 56.5 Å². The first-order valence-electron chi connectivity index (χ1n) is 10.1. The zero-order valence-corrected chi connectivity index (χ0v) is 19.9. The Balaban J connectivity index is 0.00000392. The smallest absolute Gasteiger partial charge is 0.222 e. The van der Waals surface area contributed by atoms with Gasteiger partial charge in [0.05, 0.1) is 6.54 Å². The summed E-state index contributed by atoms with van der Waals surface area (Å²) in [5.74, 6) is 2.02. The van der Waals surface area contributed by atoms with Gasteiger partial charge in [0.25, 0.3) is 0 Å². The van der Waals surface area contributed by atoms with Crippen LogP contribution in [0.5, 0.6) is 0 Å². The number of guanidine groups is 1. The van der Waals surface area contributed by atoms with Gasteiger partial charge in [0.1, 0.15) is 5.82 Å². The van der Waals surface area contributed by atoms with Crippen molar-refractivity contribution in [1.29, 1.82) is 0 Å². The van der Waals surface area contributed by atoms with Gasteiger partial charge in [-0.25, -0.2) is 9.98 Å². The van der Waals surface area contributed by atoms with E-state index in [0.29, 0.717) is 13.0 Å². The molecule has 1 saturated heterocycles. The third-order valence-electron chi connectivity index (χ3n) is 4.84. The van der Waals surface area contributed by atoms with Crippen LogP contribution in [0.25, 0.3) is 0 Å². The van der Waals surface area contributed by atoms with Crippen LogP contribution in [0.2, 0.25) is 0 Å². The molecule has 1 aromatic heterocycles. The average Bonchev–Trinajstić information content (AvgIpc) is 3.16. The lowest BCUT2D eigenvalue weighted by molar-refractivity contribution is -0.129. The molecule has 0 aliphatic carbocycles. The second-order valence-electron chi connectivity index (χ2n) is 6.72. The standard InChI is InChI=1S/C20H34N6O.HI/c1-5-19(27)26-12-11-17(15-26)24-20(21-6-2)23-14-16-9-10-18(22-13-16)25(7-3)8-4;/h9-10,13,17H,5-8,11-12,14-15H2,1-4H3,(H2,21,23,24);1H. The average molecular weight is 502 g/mol. The zero-order valence-electron chi connectivity index (χ0n) is 17.6. The summed E-state index contributed by atoms with van der Waals surface area (Å²) in [6, 6.07) is 4.40. The maximum absolute atomic E-state index is 11.8. The number of pyridine rings is 1. The van der Waals surface area contributed by atoms with Crippen LogP contribution in [0.3, 0.4) is 0 Å². The SMILES string of the molecule is CCNC(=NCc1ccc(N(CC)CC)nc1)NC1CCN(C(=O)CC)C1.I. The van der Waals surface area contributed by atoms with Gasteiger partial charge < -0.3 is 20.4 Å². The normalized spacial score (nSPS) is 16.5. The van der Waals surface area contributed by atoms with E-state index >= 15 is 0 Å². The molecule has 1 amide bonds. The third kappa shape index (κ3) is 7.10. The Morgan fingerprint density at radius 1 is 1.29 bits per heavy atom. The molecule has 7 nitrogen and oxygen atoms in total. The highest BCUT2D eigenvalue weighted by Gasteiger charge is 2.25. The Morgan fingerprint density at radius 3 is 2.61 bits per heavy atom. The third-order valence-corrected chi connectivity index (χ3v) is 4.84. The van der Waals surface area contributed by atoms with E-state index in [1.807, 2.05) is 18.0 Å². The van der Waals surface area contributed by atoms with E-state index in [4.69, 9.17) is 0 Å². The minimum atomic E-state index is 0. The summed E-state index contributed by atoms with van der Waals surface area (Å²) >= 11 is 0. The van der Waals surface area contributed by atoms with Crippen LogP contribution >= 0.6 is 24.0 Å². The van der Waals surface area contributed by atoms with E-state index in [1.54, 1.807) is 0 Å². The number of carbonyl (C=O) groups is 1. The second-order valence-corrected chi connectivity index (χ2v) is 6.72. The van der Waals surface area contributed by atoms with Crippen LogP contribution in [0.1, 0.15) is 46.1 Å². The van der Waals surface area contributed by atoms with Gasteiger partial charge >= 0.3 is 0 Å². The van der Waals surface area contributed by atoms with Gasteiger partial charge in [0.15, 0.2) is 5.96 Å². The Kier molecular flexibility index (Phi) is 11.2. The molecule has 0 aromatic carbocycles. The first-order valence-corrected chi connectivity index (χ1v) is 10.1. The summed E-state index contributed by atoms with van der Waals surface area (Å²) in [4.78, 5) is 25.2. The van der Waals surface area contributed by atoms with Crippen molar-refractivity contribution in [2.45, 2.75) is 53.1 Å². The number of aromatic nitrogens is 1. The van der Waals surface area contributed by atoms with Gasteiger partial charge in [-0.15, -0.1) is 24.0 Å². The molecule has 8 heteroatoms. The van der Waals surface area contributed by atoms with Crippen molar-refractivity contribution in [1.82, 2.24) is 20.5 Å². The number of hydrogen-bond acceptors (Lipinski definition) is 4. The van der Waals surface area contributed by atoms with Crippen LogP contribution in [-0.4, -0.2) is 60.5 Å². The Morgan fingerprint density at radius 2 is 2.04 bits per heavy atom. The molecule has 2 heterocycles. The first-order chi connectivity index (χ1) is 13.1. The highest BCUT2D eigenvalue weighted by Crippen LogP contribution is 2.12. The summed E-state index contributed by atoms with van der Waals surface area (Å²) in [6.45, 7) is 13.1. The van der Waals surface area contributed by atoms with Gasteiger partial charge in [-0.1, -0.05) is 13.0 Å². The van der Waals surface area contributed by atoms with Crippen LogP contribution in [-0.2, 0) is 11.3 Å². The molecule has 158 valence electrons. The van der Waals surface area contributed by atoms with E-state index < -0.39 is 0 Å². The lowest BCUT2D eigenvalue weighted by atomic mass is 10.2.